The van der Waals surface area contributed by atoms with Crippen LogP contribution in [0.5, 0.6) is 0 Å². The predicted molar refractivity (Wildman–Crippen MR) is 156 cm³/mol. The maximum Gasteiger partial charge on any atom is 0.269 e. The van der Waals surface area contributed by atoms with Crippen molar-refractivity contribution in [3.63, 3.8) is 0 Å². The van der Waals surface area contributed by atoms with Gasteiger partial charge in [-0.05, 0) is 61.4 Å². The van der Waals surface area contributed by atoms with E-state index in [9.17, 15) is 22.6 Å². The average Bonchev–Trinajstić information content (AvgIpc) is 2.97. The minimum absolute atomic E-state index is 0.0641. The molecule has 0 spiro atoms. The molecule has 1 aliphatic rings. The van der Waals surface area contributed by atoms with Crippen molar-refractivity contribution in [3.05, 3.63) is 84.2 Å². The summed E-state index contributed by atoms with van der Waals surface area (Å²) in [6, 6.07) is 17.3. The summed E-state index contributed by atoms with van der Waals surface area (Å²) < 4.78 is 42.9. The molecule has 2 unspecified atom stereocenters. The van der Waals surface area contributed by atoms with Crippen LogP contribution < -0.4 is 15.8 Å². The van der Waals surface area contributed by atoms with Crippen LogP contribution in [-0.2, 0) is 27.0 Å². The van der Waals surface area contributed by atoms with Crippen LogP contribution in [0.4, 0.5) is 20.2 Å². The van der Waals surface area contributed by atoms with E-state index in [1.165, 1.54) is 11.8 Å². The third-order valence-electron chi connectivity index (χ3n) is 6.88. The molecule has 1 aliphatic heterocycles. The van der Waals surface area contributed by atoms with Crippen LogP contribution in [-0.4, -0.2) is 45.0 Å². The van der Waals surface area contributed by atoms with Gasteiger partial charge in [0.1, 0.15) is 11.0 Å². The number of benzene rings is 2. The number of pyridine rings is 1. The first-order valence-corrected chi connectivity index (χ1v) is 14.5. The van der Waals surface area contributed by atoms with Crippen LogP contribution in [0, 0.1) is 0 Å². The Bertz CT molecular complexity index is 1420. The van der Waals surface area contributed by atoms with Gasteiger partial charge in [0.25, 0.3) is 6.08 Å². The standard InChI is InChI=1S/C30H33F2N5O3S/c1-20(38)35-28-25(21-7-3-2-4-8-21)10-6-12-27(28)41(40)36-26(11-5-9-24-14-13-23(33)19-34-24)30(39)37-17-15-22(16-18-37)29(31)32/h2-4,6-8,10,12-14,19,26,36H,5,9,11,15-18,33H2,1H3,(H,35,38). The molecular weight excluding hydrogens is 548 g/mol. The molecule has 0 aliphatic carbocycles. The van der Waals surface area contributed by atoms with Crippen molar-refractivity contribution in [3.8, 4) is 11.1 Å². The molecule has 4 N–H and O–H groups in total. The number of nitrogens with one attached hydrogen (secondary N) is 2. The molecule has 8 nitrogen and oxygen atoms in total. The molecule has 0 radical (unpaired) electrons. The molecule has 1 aromatic heterocycles. The van der Waals surface area contributed by atoms with Crippen molar-refractivity contribution in [2.75, 3.05) is 24.1 Å². The number of para-hydroxylation sites is 1. The second kappa shape index (κ2) is 14.1. The predicted octanol–water partition coefficient (Wildman–Crippen LogP) is 5.07. The van der Waals surface area contributed by atoms with Gasteiger partial charge in [0.15, 0.2) is 0 Å². The SMILES string of the molecule is CC(=O)Nc1c(-c2ccccc2)cccc1S(=O)NC(CCCc1ccc(N)cn1)C(=O)N1CCC(=C(F)F)CC1. The first-order chi connectivity index (χ1) is 19.7. The number of nitrogens with zero attached hydrogens (tertiary/aromatic N) is 2. The van der Waals surface area contributed by atoms with Gasteiger partial charge in [0.05, 0.1) is 28.5 Å². The molecule has 3 aromatic rings. The zero-order valence-electron chi connectivity index (χ0n) is 22.7. The van der Waals surface area contributed by atoms with E-state index in [2.05, 4.69) is 15.0 Å². The molecule has 0 saturated carbocycles. The first kappa shape index (κ1) is 30.0. The number of aryl methyl sites for hydroxylation is 1. The van der Waals surface area contributed by atoms with Gasteiger partial charge in [-0.3, -0.25) is 14.6 Å². The molecular formula is C30H33F2N5O3S. The molecule has 1 saturated heterocycles. The highest BCUT2D eigenvalue weighted by Crippen LogP contribution is 2.33. The maximum atomic E-state index is 13.8. The highest BCUT2D eigenvalue weighted by molar-refractivity contribution is 7.83. The normalized spacial score (nSPS) is 14.8. The summed E-state index contributed by atoms with van der Waals surface area (Å²) in [6.07, 6.45) is 1.54. The summed E-state index contributed by atoms with van der Waals surface area (Å²) in [5.41, 5.74) is 9.05. The Morgan fingerprint density at radius 2 is 1.78 bits per heavy atom. The molecule has 2 heterocycles. The molecule has 2 atom stereocenters. The van der Waals surface area contributed by atoms with Crippen molar-refractivity contribution in [1.82, 2.24) is 14.6 Å². The number of rotatable bonds is 10. The number of anilines is 2. The van der Waals surface area contributed by atoms with Crippen molar-refractivity contribution in [1.29, 1.82) is 0 Å². The van der Waals surface area contributed by atoms with E-state index in [0.29, 0.717) is 41.1 Å². The average molecular weight is 582 g/mol. The molecule has 41 heavy (non-hydrogen) atoms. The number of amides is 2. The highest BCUT2D eigenvalue weighted by Gasteiger charge is 2.29. The quantitative estimate of drug-likeness (QED) is 0.309. The van der Waals surface area contributed by atoms with Crippen LogP contribution in [0.2, 0.25) is 0 Å². The Labute approximate surface area is 240 Å². The zero-order valence-corrected chi connectivity index (χ0v) is 23.6. The molecule has 2 aromatic carbocycles. The number of piperidine rings is 1. The van der Waals surface area contributed by atoms with Gasteiger partial charge in [-0.2, -0.15) is 8.78 Å². The lowest BCUT2D eigenvalue weighted by Gasteiger charge is -2.31. The van der Waals surface area contributed by atoms with E-state index in [4.69, 9.17) is 5.73 Å². The summed E-state index contributed by atoms with van der Waals surface area (Å²) in [6.45, 7) is 1.70. The van der Waals surface area contributed by atoms with Crippen molar-refractivity contribution >= 4 is 34.2 Å². The van der Waals surface area contributed by atoms with Crippen LogP contribution in [0.15, 0.2) is 83.4 Å². The van der Waals surface area contributed by atoms with Crippen LogP contribution in [0.3, 0.4) is 0 Å². The number of nitrogens with two attached hydrogens (primary N) is 1. The number of nitrogen functional groups attached to an aromatic ring is 1. The zero-order chi connectivity index (χ0) is 29.4. The second-order valence-corrected chi connectivity index (χ2v) is 11.0. The van der Waals surface area contributed by atoms with Crippen molar-refractivity contribution in [2.45, 2.75) is 50.0 Å². The lowest BCUT2D eigenvalue weighted by Crippen LogP contribution is -2.49. The summed E-state index contributed by atoms with van der Waals surface area (Å²) in [7, 11) is -1.89. The van der Waals surface area contributed by atoms with Crippen molar-refractivity contribution < 1.29 is 22.6 Å². The van der Waals surface area contributed by atoms with E-state index >= 15 is 0 Å². The van der Waals surface area contributed by atoms with Crippen LogP contribution in [0.1, 0.15) is 38.3 Å². The van der Waals surface area contributed by atoms with E-state index in [1.54, 1.807) is 24.4 Å². The molecule has 11 heteroatoms. The minimum atomic E-state index is -1.89. The molecule has 2 amide bonds. The van der Waals surface area contributed by atoms with E-state index in [-0.39, 0.29) is 43.3 Å². The lowest BCUT2D eigenvalue weighted by molar-refractivity contribution is -0.133. The topological polar surface area (TPSA) is 117 Å². The molecule has 4 rings (SSSR count). The fraction of sp³-hybridized carbons (Fsp3) is 0.300. The Hall–Kier alpha value is -3.96. The first-order valence-electron chi connectivity index (χ1n) is 13.4. The maximum absolute atomic E-state index is 13.8. The van der Waals surface area contributed by atoms with Gasteiger partial charge in [-0.1, -0.05) is 42.5 Å². The smallest absolute Gasteiger partial charge is 0.269 e. The highest BCUT2D eigenvalue weighted by atomic mass is 32.2. The largest absolute Gasteiger partial charge is 0.397 e. The number of hydrogen-bond acceptors (Lipinski definition) is 5. The van der Waals surface area contributed by atoms with Crippen LogP contribution in [0.25, 0.3) is 11.1 Å². The number of likely N-dealkylation sites (tertiary alicyclic amines) is 1. The number of halogens is 2. The number of carbonyl (C=O) groups excluding carboxylic acids is 2. The second-order valence-electron chi connectivity index (χ2n) is 9.83. The Kier molecular flexibility index (Phi) is 10.3. The Morgan fingerprint density at radius 1 is 1.05 bits per heavy atom. The van der Waals surface area contributed by atoms with Gasteiger partial charge >= 0.3 is 0 Å². The van der Waals surface area contributed by atoms with Crippen LogP contribution >= 0.6 is 0 Å². The summed E-state index contributed by atoms with van der Waals surface area (Å²) in [5.74, 6) is -0.630. The molecule has 0 bridgehead atoms. The monoisotopic (exact) mass is 581 g/mol. The minimum Gasteiger partial charge on any atom is -0.397 e. The van der Waals surface area contributed by atoms with E-state index < -0.39 is 23.1 Å². The number of hydrogen-bond donors (Lipinski definition) is 3. The van der Waals surface area contributed by atoms with E-state index in [0.717, 1.165) is 11.3 Å². The molecule has 216 valence electrons. The van der Waals surface area contributed by atoms with Gasteiger partial charge in [0.2, 0.25) is 11.8 Å². The molecule has 1 fully saturated rings. The summed E-state index contributed by atoms with van der Waals surface area (Å²) >= 11 is 0. The van der Waals surface area contributed by atoms with Gasteiger partial charge in [-0.25, -0.2) is 8.93 Å². The summed E-state index contributed by atoms with van der Waals surface area (Å²) in [5, 5.41) is 2.81. The van der Waals surface area contributed by atoms with Crippen molar-refractivity contribution in [2.24, 2.45) is 0 Å². The third-order valence-corrected chi connectivity index (χ3v) is 8.12. The number of carbonyl (C=O) groups is 2. The fourth-order valence-electron chi connectivity index (χ4n) is 4.75. The van der Waals surface area contributed by atoms with E-state index in [1.807, 2.05) is 42.5 Å². The van der Waals surface area contributed by atoms with Gasteiger partial charge < -0.3 is 16.0 Å². The Morgan fingerprint density at radius 3 is 2.41 bits per heavy atom. The van der Waals surface area contributed by atoms with Gasteiger partial charge in [0, 0.05) is 31.3 Å². The van der Waals surface area contributed by atoms with Gasteiger partial charge in [-0.15, -0.1) is 0 Å². The lowest BCUT2D eigenvalue weighted by atomic mass is 10.0. The number of aromatic nitrogens is 1. The Balaban J connectivity index is 1.58. The third kappa shape index (κ3) is 8.05. The summed E-state index contributed by atoms with van der Waals surface area (Å²) in [4.78, 5) is 31.9. The fourth-order valence-corrected chi connectivity index (χ4v) is 5.90.